The van der Waals surface area contributed by atoms with E-state index in [1.54, 1.807) is 0 Å². The van der Waals surface area contributed by atoms with Gasteiger partial charge in [0.05, 0.1) is 7.11 Å². The van der Waals surface area contributed by atoms with E-state index in [0.717, 1.165) is 18.4 Å². The first kappa shape index (κ1) is 26.2. The zero-order valence-corrected chi connectivity index (χ0v) is 18.3. The summed E-state index contributed by atoms with van der Waals surface area (Å²) >= 11 is 0. The summed E-state index contributed by atoms with van der Waals surface area (Å²) in [6.07, 6.45) is 24.8. The van der Waals surface area contributed by atoms with Gasteiger partial charge in [0.1, 0.15) is 0 Å². The molecule has 0 saturated heterocycles. The van der Waals surface area contributed by atoms with Crippen LogP contribution in [-0.4, -0.2) is 24.8 Å². The van der Waals surface area contributed by atoms with E-state index in [2.05, 4.69) is 6.92 Å². The minimum atomic E-state index is -0.246. The number of carbonyl (C=O) groups excluding carboxylic acids is 1. The van der Waals surface area contributed by atoms with Gasteiger partial charge in [-0.2, -0.15) is 0 Å². The third-order valence-corrected chi connectivity index (χ3v) is 5.27. The van der Waals surface area contributed by atoms with Gasteiger partial charge >= 0.3 is 5.97 Å². The number of aliphatic hydroxyl groups is 1. The van der Waals surface area contributed by atoms with E-state index in [-0.39, 0.29) is 12.6 Å². The SMILES string of the molecule is CCCCCCCCCCCCCCCCCCC(=CCCO)C(=O)OC. The molecule has 3 nitrogen and oxygen atoms in total. The quantitative estimate of drug-likeness (QED) is 0.138. The molecule has 0 atom stereocenters. The van der Waals surface area contributed by atoms with Crippen LogP contribution in [-0.2, 0) is 9.53 Å². The Balaban J connectivity index is 3.36. The molecule has 0 aromatic carbocycles. The molecule has 0 aliphatic carbocycles. The van der Waals surface area contributed by atoms with Crippen molar-refractivity contribution in [3.8, 4) is 0 Å². The van der Waals surface area contributed by atoms with Crippen LogP contribution in [0, 0.1) is 0 Å². The van der Waals surface area contributed by atoms with Crippen molar-refractivity contribution in [2.75, 3.05) is 13.7 Å². The van der Waals surface area contributed by atoms with Crippen molar-refractivity contribution in [1.29, 1.82) is 0 Å². The number of unbranched alkanes of at least 4 members (excludes halogenated alkanes) is 15. The van der Waals surface area contributed by atoms with E-state index in [1.165, 1.54) is 103 Å². The van der Waals surface area contributed by atoms with Gasteiger partial charge in [0.15, 0.2) is 0 Å². The van der Waals surface area contributed by atoms with Gasteiger partial charge in [0, 0.05) is 12.2 Å². The molecule has 0 rings (SSSR count). The number of ether oxygens (including phenoxy) is 1. The second-order valence-electron chi connectivity index (χ2n) is 7.79. The highest BCUT2D eigenvalue weighted by Crippen LogP contribution is 2.16. The van der Waals surface area contributed by atoms with Crippen LogP contribution in [0.5, 0.6) is 0 Å². The average molecular weight is 383 g/mol. The highest BCUT2D eigenvalue weighted by molar-refractivity contribution is 5.88. The van der Waals surface area contributed by atoms with E-state index in [4.69, 9.17) is 9.84 Å². The summed E-state index contributed by atoms with van der Waals surface area (Å²) in [6.45, 7) is 2.36. The molecule has 27 heavy (non-hydrogen) atoms. The maximum atomic E-state index is 11.6. The van der Waals surface area contributed by atoms with Crippen LogP contribution in [0.3, 0.4) is 0 Å². The predicted octanol–water partition coefficient (Wildman–Crippen LogP) is 7.12. The second-order valence-corrected chi connectivity index (χ2v) is 7.79. The van der Waals surface area contributed by atoms with Crippen LogP contribution in [0.25, 0.3) is 0 Å². The van der Waals surface area contributed by atoms with Crippen LogP contribution in [0.15, 0.2) is 11.6 Å². The summed E-state index contributed by atoms with van der Waals surface area (Å²) in [7, 11) is 1.42. The van der Waals surface area contributed by atoms with Gasteiger partial charge in [-0.15, -0.1) is 0 Å². The third-order valence-electron chi connectivity index (χ3n) is 5.27. The largest absolute Gasteiger partial charge is 0.466 e. The van der Waals surface area contributed by atoms with Gasteiger partial charge in [-0.1, -0.05) is 109 Å². The predicted molar refractivity (Wildman–Crippen MR) is 116 cm³/mol. The molecule has 0 aliphatic rings. The van der Waals surface area contributed by atoms with Crippen molar-refractivity contribution in [1.82, 2.24) is 0 Å². The maximum Gasteiger partial charge on any atom is 0.333 e. The van der Waals surface area contributed by atoms with E-state index in [0.29, 0.717) is 6.42 Å². The van der Waals surface area contributed by atoms with E-state index < -0.39 is 0 Å². The Bertz CT molecular complexity index is 350. The van der Waals surface area contributed by atoms with Crippen molar-refractivity contribution in [3.05, 3.63) is 11.6 Å². The average Bonchev–Trinajstić information content (AvgIpc) is 2.69. The highest BCUT2D eigenvalue weighted by atomic mass is 16.5. The Morgan fingerprint density at radius 3 is 1.52 bits per heavy atom. The van der Waals surface area contributed by atoms with Gasteiger partial charge in [0.2, 0.25) is 0 Å². The lowest BCUT2D eigenvalue weighted by atomic mass is 10.0. The first-order chi connectivity index (χ1) is 13.3. The Morgan fingerprint density at radius 2 is 1.15 bits per heavy atom. The Morgan fingerprint density at radius 1 is 0.741 bits per heavy atom. The number of hydrogen-bond acceptors (Lipinski definition) is 3. The molecule has 0 saturated carbocycles. The Kier molecular flexibility index (Phi) is 20.8. The van der Waals surface area contributed by atoms with Crippen LogP contribution < -0.4 is 0 Å². The first-order valence-electron chi connectivity index (χ1n) is 11.6. The standard InChI is InChI=1S/C24H46O3/c1-3-4-5-6-7-8-9-10-11-12-13-14-15-16-17-18-20-23(21-19-22-25)24(26)27-2/h21,25H,3-20,22H2,1-2H3. The van der Waals surface area contributed by atoms with E-state index in [1.807, 2.05) is 6.08 Å². The fourth-order valence-corrected chi connectivity index (χ4v) is 3.52. The third kappa shape index (κ3) is 18.3. The number of hydrogen-bond donors (Lipinski definition) is 1. The highest BCUT2D eigenvalue weighted by Gasteiger charge is 2.08. The molecule has 3 heteroatoms. The van der Waals surface area contributed by atoms with Crippen LogP contribution in [0.1, 0.15) is 122 Å². The summed E-state index contributed by atoms with van der Waals surface area (Å²) in [6, 6.07) is 0. The summed E-state index contributed by atoms with van der Waals surface area (Å²) in [5, 5.41) is 8.89. The lowest BCUT2D eigenvalue weighted by Gasteiger charge is -2.06. The summed E-state index contributed by atoms with van der Waals surface area (Å²) in [5.41, 5.74) is 0.719. The Labute approximate surface area is 169 Å². The zero-order chi connectivity index (χ0) is 20.0. The number of methoxy groups -OCH3 is 1. The van der Waals surface area contributed by atoms with E-state index in [9.17, 15) is 4.79 Å². The van der Waals surface area contributed by atoms with Crippen LogP contribution in [0.2, 0.25) is 0 Å². The fourth-order valence-electron chi connectivity index (χ4n) is 3.52. The summed E-state index contributed by atoms with van der Waals surface area (Å²) in [5.74, 6) is -0.246. The number of esters is 1. The minimum absolute atomic E-state index is 0.0828. The van der Waals surface area contributed by atoms with Crippen molar-refractivity contribution in [2.45, 2.75) is 122 Å². The number of carbonyl (C=O) groups is 1. The first-order valence-corrected chi connectivity index (χ1v) is 11.6. The van der Waals surface area contributed by atoms with Crippen molar-refractivity contribution < 1.29 is 14.6 Å². The lowest BCUT2D eigenvalue weighted by molar-refractivity contribution is -0.136. The summed E-state index contributed by atoms with van der Waals surface area (Å²) in [4.78, 5) is 11.6. The molecule has 1 N–H and O–H groups in total. The van der Waals surface area contributed by atoms with Gasteiger partial charge in [-0.25, -0.2) is 4.79 Å². The molecule has 0 amide bonds. The molecule has 0 heterocycles. The lowest BCUT2D eigenvalue weighted by Crippen LogP contribution is -2.05. The normalized spacial score (nSPS) is 11.7. The van der Waals surface area contributed by atoms with Gasteiger partial charge in [0.25, 0.3) is 0 Å². The maximum absolute atomic E-state index is 11.6. The topological polar surface area (TPSA) is 46.5 Å². The fraction of sp³-hybridized carbons (Fsp3) is 0.875. The molecule has 0 radical (unpaired) electrons. The molecule has 0 spiro atoms. The van der Waals surface area contributed by atoms with E-state index >= 15 is 0 Å². The molecular formula is C24H46O3. The van der Waals surface area contributed by atoms with Crippen molar-refractivity contribution >= 4 is 5.97 Å². The molecule has 0 bridgehead atoms. The van der Waals surface area contributed by atoms with Gasteiger partial charge in [-0.3, -0.25) is 0 Å². The van der Waals surface area contributed by atoms with Gasteiger partial charge < -0.3 is 9.84 Å². The monoisotopic (exact) mass is 382 g/mol. The molecule has 0 fully saturated rings. The molecular weight excluding hydrogens is 336 g/mol. The molecule has 160 valence electrons. The van der Waals surface area contributed by atoms with Crippen molar-refractivity contribution in [2.24, 2.45) is 0 Å². The number of rotatable bonds is 20. The smallest absolute Gasteiger partial charge is 0.333 e. The zero-order valence-electron chi connectivity index (χ0n) is 18.3. The van der Waals surface area contributed by atoms with Crippen molar-refractivity contribution in [3.63, 3.8) is 0 Å². The number of aliphatic hydroxyl groups excluding tert-OH is 1. The van der Waals surface area contributed by atoms with Gasteiger partial charge in [-0.05, 0) is 19.3 Å². The second kappa shape index (κ2) is 21.5. The molecule has 0 aromatic heterocycles. The van der Waals surface area contributed by atoms with Crippen LogP contribution in [0.4, 0.5) is 0 Å². The molecule has 0 aliphatic heterocycles. The minimum Gasteiger partial charge on any atom is -0.466 e. The summed E-state index contributed by atoms with van der Waals surface area (Å²) < 4.78 is 4.80. The molecule has 0 unspecified atom stereocenters. The Hall–Kier alpha value is -0.830. The van der Waals surface area contributed by atoms with Crippen LogP contribution >= 0.6 is 0 Å². The molecule has 0 aromatic rings.